The number of amides is 1. The number of hydrogen-bond donors (Lipinski definition) is 1. The molecule has 136 valence electrons. The highest BCUT2D eigenvalue weighted by molar-refractivity contribution is 9.09. The predicted molar refractivity (Wildman–Crippen MR) is 112 cm³/mol. The number of unbranched alkanes of at least 4 members (excludes halogenated alkanes) is 2. The van der Waals surface area contributed by atoms with Gasteiger partial charge in [0.05, 0.1) is 5.69 Å². The molecule has 0 saturated heterocycles. The number of carbonyl (C=O) groups excluding carboxylic acids is 1. The molecule has 0 aliphatic rings. The first-order valence-electron chi connectivity index (χ1n) is 8.54. The highest BCUT2D eigenvalue weighted by Crippen LogP contribution is 2.38. The number of nitrogens with one attached hydrogen (secondary N) is 1. The Hall–Kier alpha value is -0.200. The van der Waals surface area contributed by atoms with Gasteiger partial charge in [-0.15, -0.1) is 23.5 Å². The minimum Gasteiger partial charge on any atom is -0.323 e. The number of halogens is 1. The number of hydrogen-bond acceptors (Lipinski definition) is 4. The van der Waals surface area contributed by atoms with Gasteiger partial charge >= 0.3 is 0 Å². The van der Waals surface area contributed by atoms with Crippen LogP contribution in [0.3, 0.4) is 0 Å². The summed E-state index contributed by atoms with van der Waals surface area (Å²) in [6, 6.07) is 2.08. The maximum absolute atomic E-state index is 12.4. The monoisotopic (exact) mass is 432 g/mol. The second-order valence-electron chi connectivity index (χ2n) is 6.32. The molecule has 6 heteroatoms. The molecule has 0 atom stereocenters. The molecule has 0 aromatic carbocycles. The molecule has 1 aromatic heterocycles. The number of rotatable bonds is 10. The fourth-order valence-electron chi connectivity index (χ4n) is 2.14. The van der Waals surface area contributed by atoms with Gasteiger partial charge in [-0.05, 0) is 25.8 Å². The van der Waals surface area contributed by atoms with E-state index in [1.54, 1.807) is 23.5 Å². The Bertz CT molecular complexity index is 505. The number of carbonyl (C=O) groups is 1. The molecule has 0 spiro atoms. The number of aromatic nitrogens is 1. The lowest BCUT2D eigenvalue weighted by Crippen LogP contribution is -2.14. The Morgan fingerprint density at radius 1 is 1.17 bits per heavy atom. The van der Waals surface area contributed by atoms with Crippen LogP contribution in [-0.4, -0.2) is 26.7 Å². The predicted octanol–water partition coefficient (Wildman–Crippen LogP) is 6.28. The summed E-state index contributed by atoms with van der Waals surface area (Å²) in [4.78, 5) is 18.2. The van der Waals surface area contributed by atoms with Gasteiger partial charge < -0.3 is 5.32 Å². The fraction of sp³-hybridized carbons (Fsp3) is 0.667. The molecule has 0 radical (unpaired) electrons. The third kappa shape index (κ3) is 8.26. The summed E-state index contributed by atoms with van der Waals surface area (Å²) in [5, 5.41) is 5.95. The average molecular weight is 433 g/mol. The molecule has 1 amide bonds. The van der Waals surface area contributed by atoms with Crippen LogP contribution in [0.2, 0.25) is 0 Å². The smallest absolute Gasteiger partial charge is 0.224 e. The minimum atomic E-state index is 0.0893. The number of pyridine rings is 1. The quantitative estimate of drug-likeness (QED) is 0.268. The van der Waals surface area contributed by atoms with E-state index in [9.17, 15) is 4.79 Å². The summed E-state index contributed by atoms with van der Waals surface area (Å²) in [6.45, 7) is 10.6. The third-order valence-electron chi connectivity index (χ3n) is 3.09. The maximum atomic E-state index is 12.4. The van der Waals surface area contributed by atoms with Crippen LogP contribution in [0.4, 0.5) is 5.69 Å². The van der Waals surface area contributed by atoms with Crippen LogP contribution in [-0.2, 0) is 4.79 Å². The van der Waals surface area contributed by atoms with Crippen molar-refractivity contribution in [3.63, 3.8) is 0 Å². The molecular formula is C18H29BrN2OS2. The molecular weight excluding hydrogens is 404 g/mol. The van der Waals surface area contributed by atoms with E-state index in [4.69, 9.17) is 0 Å². The molecule has 1 N–H and O–H groups in total. The van der Waals surface area contributed by atoms with Gasteiger partial charge in [0.15, 0.2) is 0 Å². The second-order valence-corrected chi connectivity index (χ2v) is 10.3. The fourth-order valence-corrected chi connectivity index (χ4v) is 4.54. The SMILES string of the molecule is Cc1cc(SC(C)C)c(NC(=O)CCCCCBr)c(SC(C)C)n1. The molecule has 1 aromatic rings. The molecule has 0 saturated carbocycles. The lowest BCUT2D eigenvalue weighted by atomic mass is 10.2. The summed E-state index contributed by atoms with van der Waals surface area (Å²) in [5.74, 6) is 0.0893. The first kappa shape index (κ1) is 21.8. The molecule has 0 unspecified atom stereocenters. The Kier molecular flexibility index (Phi) is 10.4. The average Bonchev–Trinajstić information content (AvgIpc) is 2.46. The number of nitrogens with zero attached hydrogens (tertiary/aromatic N) is 1. The van der Waals surface area contributed by atoms with E-state index in [2.05, 4.69) is 60.0 Å². The van der Waals surface area contributed by atoms with Crippen molar-refractivity contribution in [1.82, 2.24) is 4.98 Å². The van der Waals surface area contributed by atoms with Crippen LogP contribution < -0.4 is 5.32 Å². The topological polar surface area (TPSA) is 42.0 Å². The van der Waals surface area contributed by atoms with Gasteiger partial charge in [-0.2, -0.15) is 0 Å². The lowest BCUT2D eigenvalue weighted by Gasteiger charge is -2.18. The van der Waals surface area contributed by atoms with Crippen LogP contribution in [0.1, 0.15) is 59.1 Å². The van der Waals surface area contributed by atoms with Crippen molar-refractivity contribution in [2.45, 2.75) is 80.7 Å². The standard InChI is InChI=1S/C18H29BrN2OS2/c1-12(2)23-15-11-14(5)20-18(24-13(3)4)17(15)21-16(22)9-7-6-8-10-19/h11-13H,6-10H2,1-5H3,(H,21,22). The van der Waals surface area contributed by atoms with Crippen molar-refractivity contribution < 1.29 is 4.79 Å². The zero-order valence-electron chi connectivity index (χ0n) is 15.3. The first-order chi connectivity index (χ1) is 11.3. The summed E-state index contributed by atoms with van der Waals surface area (Å²) in [5.41, 5.74) is 1.89. The van der Waals surface area contributed by atoms with Crippen LogP contribution in [0, 0.1) is 6.92 Å². The van der Waals surface area contributed by atoms with Gasteiger partial charge in [-0.3, -0.25) is 4.79 Å². The highest BCUT2D eigenvalue weighted by Gasteiger charge is 2.17. The van der Waals surface area contributed by atoms with Crippen molar-refractivity contribution in [3.05, 3.63) is 11.8 Å². The Morgan fingerprint density at radius 3 is 2.42 bits per heavy atom. The molecule has 24 heavy (non-hydrogen) atoms. The van der Waals surface area contributed by atoms with Crippen LogP contribution in [0.15, 0.2) is 16.0 Å². The van der Waals surface area contributed by atoms with Gasteiger partial charge in [0.25, 0.3) is 0 Å². The van der Waals surface area contributed by atoms with Crippen LogP contribution >= 0.6 is 39.5 Å². The van der Waals surface area contributed by atoms with E-state index >= 15 is 0 Å². The van der Waals surface area contributed by atoms with Gasteiger partial charge in [0.1, 0.15) is 5.03 Å². The molecule has 0 bridgehead atoms. The largest absolute Gasteiger partial charge is 0.323 e. The van der Waals surface area contributed by atoms with E-state index < -0.39 is 0 Å². The molecule has 1 heterocycles. The van der Waals surface area contributed by atoms with Crippen LogP contribution in [0.25, 0.3) is 0 Å². The molecule has 0 aliphatic carbocycles. The molecule has 3 nitrogen and oxygen atoms in total. The lowest BCUT2D eigenvalue weighted by molar-refractivity contribution is -0.116. The second kappa shape index (κ2) is 11.4. The van der Waals surface area contributed by atoms with Gasteiger partial charge in [-0.25, -0.2) is 4.98 Å². The number of anilines is 1. The van der Waals surface area contributed by atoms with Crippen molar-refractivity contribution in [2.24, 2.45) is 0 Å². The van der Waals surface area contributed by atoms with Crippen LogP contribution in [0.5, 0.6) is 0 Å². The zero-order valence-corrected chi connectivity index (χ0v) is 18.5. The van der Waals surface area contributed by atoms with Gasteiger partial charge in [-0.1, -0.05) is 50.0 Å². The Balaban J connectivity index is 2.96. The van der Waals surface area contributed by atoms with E-state index in [1.807, 2.05) is 6.92 Å². The summed E-state index contributed by atoms with van der Waals surface area (Å²) in [6.07, 6.45) is 3.68. The number of thioether (sulfide) groups is 2. The van der Waals surface area contributed by atoms with Crippen molar-refractivity contribution in [2.75, 3.05) is 10.6 Å². The van der Waals surface area contributed by atoms with Gasteiger partial charge in [0, 0.05) is 32.8 Å². The highest BCUT2D eigenvalue weighted by atomic mass is 79.9. The van der Waals surface area contributed by atoms with E-state index in [1.165, 1.54) is 0 Å². The first-order valence-corrected chi connectivity index (χ1v) is 11.4. The third-order valence-corrected chi connectivity index (χ3v) is 5.69. The Labute approximate surface area is 163 Å². The van der Waals surface area contributed by atoms with Crippen molar-refractivity contribution in [3.8, 4) is 0 Å². The summed E-state index contributed by atoms with van der Waals surface area (Å²) in [7, 11) is 0. The van der Waals surface area contributed by atoms with Crippen molar-refractivity contribution >= 4 is 51.0 Å². The number of alkyl halides is 1. The molecule has 1 rings (SSSR count). The van der Waals surface area contributed by atoms with E-state index in [-0.39, 0.29) is 5.91 Å². The van der Waals surface area contributed by atoms with Crippen molar-refractivity contribution in [1.29, 1.82) is 0 Å². The molecule has 0 aliphatic heterocycles. The number of aryl methyl sites for hydroxylation is 1. The Morgan fingerprint density at radius 2 is 1.83 bits per heavy atom. The van der Waals surface area contributed by atoms with E-state index in [0.29, 0.717) is 16.9 Å². The zero-order chi connectivity index (χ0) is 18.1. The van der Waals surface area contributed by atoms with Gasteiger partial charge in [0.2, 0.25) is 5.91 Å². The normalized spacial score (nSPS) is 11.3. The minimum absolute atomic E-state index is 0.0893. The molecule has 0 fully saturated rings. The summed E-state index contributed by atoms with van der Waals surface area (Å²) >= 11 is 6.92. The maximum Gasteiger partial charge on any atom is 0.224 e. The van der Waals surface area contributed by atoms with E-state index in [0.717, 1.165) is 45.9 Å². The summed E-state index contributed by atoms with van der Waals surface area (Å²) < 4.78 is 0.